The van der Waals surface area contributed by atoms with Gasteiger partial charge < -0.3 is 9.79 Å². The van der Waals surface area contributed by atoms with Gasteiger partial charge in [0.15, 0.2) is 23.3 Å². The second kappa shape index (κ2) is 7.59. The summed E-state index contributed by atoms with van der Waals surface area (Å²) in [6.45, 7) is 0. The smallest absolute Gasteiger partial charge is 0.320 e. The van der Waals surface area contributed by atoms with Gasteiger partial charge in [0.1, 0.15) is 0 Å². The van der Waals surface area contributed by atoms with Crippen LogP contribution in [0.4, 0.5) is 74.6 Å². The molecular weight excluding hydrogens is 546 g/mol. The molecule has 0 radical (unpaired) electrons. The predicted octanol–water partition coefficient (Wildman–Crippen LogP) is 5.79. The Balaban J connectivity index is 4.41. The minimum Gasteiger partial charge on any atom is -0.320 e. The maximum absolute atomic E-state index is 14.8. The summed E-state index contributed by atoms with van der Waals surface area (Å²) in [5.41, 5.74) is -20.8. The highest BCUT2D eigenvalue weighted by Gasteiger charge is 2.92. The molecule has 0 aliphatic heterocycles. The van der Waals surface area contributed by atoms with Crippen molar-refractivity contribution in [2.75, 3.05) is 0 Å². The van der Waals surface area contributed by atoms with E-state index in [0.29, 0.717) is 0 Å². The van der Waals surface area contributed by atoms with Gasteiger partial charge in [0.05, 0.1) is 5.56 Å². The van der Waals surface area contributed by atoms with Crippen molar-refractivity contribution in [1.29, 1.82) is 0 Å². The summed E-state index contributed by atoms with van der Waals surface area (Å²) in [4.78, 5) is 16.2. The number of rotatable bonds is 6. The highest BCUT2D eigenvalue weighted by molar-refractivity contribution is 7.53. The van der Waals surface area contributed by atoms with Crippen molar-refractivity contribution in [3.05, 3.63) is 34.6 Å². The Bertz CT molecular complexity index is 967. The maximum atomic E-state index is 14.8. The van der Waals surface area contributed by atoms with E-state index in [0.717, 1.165) is 0 Å². The van der Waals surface area contributed by atoms with Crippen LogP contribution in [0.2, 0.25) is 0 Å². The first-order chi connectivity index (χ1) is 14.2. The minimum atomic E-state index is -8.65. The molecule has 0 aromatic heterocycles. The van der Waals surface area contributed by atoms with Crippen molar-refractivity contribution < 1.29 is 89.0 Å². The van der Waals surface area contributed by atoms with E-state index in [1.807, 2.05) is 0 Å². The first kappa shape index (κ1) is 29.2. The van der Waals surface area contributed by atoms with Crippen molar-refractivity contribution in [2.24, 2.45) is 0 Å². The number of halogens is 17. The lowest BCUT2D eigenvalue weighted by Crippen LogP contribution is -2.70. The summed E-state index contributed by atoms with van der Waals surface area (Å²) >= 11 is 0. The molecular formula is C12H2F17O3P. The monoisotopic (exact) mass is 548 g/mol. The molecule has 0 saturated heterocycles. The molecule has 0 aliphatic rings. The Morgan fingerprint density at radius 1 is 0.515 bits per heavy atom. The topological polar surface area (TPSA) is 57.5 Å². The Morgan fingerprint density at radius 2 is 0.818 bits per heavy atom. The fourth-order valence-electron chi connectivity index (χ4n) is 2.20. The van der Waals surface area contributed by atoms with Gasteiger partial charge in [0.2, 0.25) is 5.82 Å². The molecule has 0 spiro atoms. The van der Waals surface area contributed by atoms with Crippen LogP contribution in [-0.4, -0.2) is 39.4 Å². The van der Waals surface area contributed by atoms with E-state index in [2.05, 4.69) is 0 Å². The molecule has 0 aliphatic carbocycles. The molecule has 0 saturated carbocycles. The molecule has 2 N–H and O–H groups in total. The van der Waals surface area contributed by atoms with Crippen LogP contribution in [0, 0.1) is 29.1 Å². The number of hydrogen-bond acceptors (Lipinski definition) is 1. The van der Waals surface area contributed by atoms with Gasteiger partial charge in [-0.2, -0.15) is 48.3 Å². The molecule has 1 rings (SSSR count). The Morgan fingerprint density at radius 3 is 1.09 bits per heavy atom. The average molecular weight is 548 g/mol. The van der Waals surface area contributed by atoms with Gasteiger partial charge >= 0.3 is 37.2 Å². The van der Waals surface area contributed by atoms with Crippen LogP contribution in [0.3, 0.4) is 0 Å². The molecule has 1 aromatic rings. The van der Waals surface area contributed by atoms with Gasteiger partial charge in [-0.3, -0.25) is 4.57 Å². The molecule has 0 heterocycles. The van der Waals surface area contributed by atoms with Crippen LogP contribution < -0.4 is 0 Å². The third-order valence-corrected chi connectivity index (χ3v) is 4.93. The van der Waals surface area contributed by atoms with Crippen molar-refractivity contribution in [3.8, 4) is 0 Å². The van der Waals surface area contributed by atoms with Crippen molar-refractivity contribution in [1.82, 2.24) is 0 Å². The SMILES string of the molecule is O=P(O)(O)C(F)(F)C(F)(F)C(F)(F)C(F)(c1c(F)c(F)c(F)c(F)c1F)C(F)(F)C(F)(F)F. The van der Waals surface area contributed by atoms with Crippen LogP contribution in [-0.2, 0) is 10.2 Å². The summed E-state index contributed by atoms with van der Waals surface area (Å²) in [5.74, 6) is -45.2. The van der Waals surface area contributed by atoms with Crippen LogP contribution in [0.1, 0.15) is 5.56 Å². The summed E-state index contributed by atoms with van der Waals surface area (Å²) in [6.07, 6.45) is -8.00. The third kappa shape index (κ3) is 3.55. The van der Waals surface area contributed by atoms with Crippen molar-refractivity contribution in [3.63, 3.8) is 0 Å². The van der Waals surface area contributed by atoms with Gasteiger partial charge in [-0.1, -0.05) is 0 Å². The van der Waals surface area contributed by atoms with Gasteiger partial charge in [0, 0.05) is 0 Å². The van der Waals surface area contributed by atoms with E-state index in [1.165, 1.54) is 0 Å². The molecule has 0 bridgehead atoms. The summed E-state index contributed by atoms with van der Waals surface area (Å²) in [7, 11) is -8.04. The first-order valence-corrected chi connectivity index (χ1v) is 8.63. The van der Waals surface area contributed by atoms with Gasteiger partial charge in [-0.05, 0) is 0 Å². The predicted molar refractivity (Wildman–Crippen MR) is 66.9 cm³/mol. The third-order valence-electron chi connectivity index (χ3n) is 3.91. The normalized spacial score (nSPS) is 16.7. The van der Waals surface area contributed by atoms with Gasteiger partial charge in [-0.25, -0.2) is 26.3 Å². The van der Waals surface area contributed by atoms with Crippen LogP contribution >= 0.6 is 7.60 Å². The lowest BCUT2D eigenvalue weighted by molar-refractivity contribution is -0.409. The summed E-state index contributed by atoms with van der Waals surface area (Å²) < 4.78 is 239. The largest absolute Gasteiger partial charge is 0.457 e. The Labute approximate surface area is 167 Å². The summed E-state index contributed by atoms with van der Waals surface area (Å²) in [5, 5.41) is 0. The van der Waals surface area contributed by atoms with Crippen molar-refractivity contribution in [2.45, 2.75) is 35.3 Å². The van der Waals surface area contributed by atoms with Crippen molar-refractivity contribution >= 4 is 7.60 Å². The summed E-state index contributed by atoms with van der Waals surface area (Å²) in [6, 6.07) is 0. The molecule has 1 aromatic carbocycles. The number of alkyl halides is 12. The van der Waals surface area contributed by atoms with Gasteiger partial charge in [0.25, 0.3) is 5.67 Å². The van der Waals surface area contributed by atoms with E-state index in [1.54, 1.807) is 0 Å². The van der Waals surface area contributed by atoms with Gasteiger partial charge in [-0.15, -0.1) is 0 Å². The molecule has 33 heavy (non-hydrogen) atoms. The number of hydrogen-bond donors (Lipinski definition) is 2. The molecule has 3 nitrogen and oxygen atoms in total. The van der Waals surface area contributed by atoms with E-state index < -0.39 is 77.5 Å². The first-order valence-electron chi connectivity index (χ1n) is 7.02. The highest BCUT2D eigenvalue weighted by atomic mass is 31.2. The van der Waals surface area contributed by atoms with E-state index in [9.17, 15) is 79.2 Å². The van der Waals surface area contributed by atoms with Crippen LogP contribution in [0.15, 0.2) is 0 Å². The maximum Gasteiger partial charge on any atom is 0.457 e. The van der Waals surface area contributed by atoms with Crippen LogP contribution in [0.5, 0.6) is 0 Å². The number of benzene rings is 1. The Hall–Kier alpha value is -1.82. The molecule has 0 fully saturated rings. The lowest BCUT2D eigenvalue weighted by Gasteiger charge is -2.44. The molecule has 1 unspecified atom stereocenters. The quantitative estimate of drug-likeness (QED) is 0.205. The highest BCUT2D eigenvalue weighted by Crippen LogP contribution is 2.70. The molecule has 0 amide bonds. The minimum absolute atomic E-state index is 3.53. The fraction of sp³-hybridized carbons (Fsp3) is 0.500. The Kier molecular flexibility index (Phi) is 6.72. The average Bonchev–Trinajstić information content (AvgIpc) is 2.62. The molecule has 21 heteroatoms. The van der Waals surface area contributed by atoms with E-state index in [-0.39, 0.29) is 0 Å². The second-order valence-electron chi connectivity index (χ2n) is 5.91. The standard InChI is InChI=1S/C12H2F17O3P/c13-2-1(3(14)5(16)6(17)4(2)15)7(18,9(21,22)11(25,26)27)8(19,20)10(23,24)12(28,29)33(30,31)32/h(H2,30,31,32). The molecule has 1 atom stereocenters. The van der Waals surface area contributed by atoms with Crippen LogP contribution in [0.25, 0.3) is 0 Å². The zero-order valence-corrected chi connectivity index (χ0v) is 15.1. The molecule has 192 valence electrons. The van der Waals surface area contributed by atoms with E-state index in [4.69, 9.17) is 9.79 Å². The fourth-order valence-corrected chi connectivity index (χ4v) is 2.71. The second-order valence-corrected chi connectivity index (χ2v) is 7.56. The zero-order valence-electron chi connectivity index (χ0n) is 14.2. The lowest BCUT2D eigenvalue weighted by atomic mass is 9.79. The van der Waals surface area contributed by atoms with E-state index >= 15 is 0 Å². The zero-order chi connectivity index (χ0) is 27.0.